The van der Waals surface area contributed by atoms with Gasteiger partial charge in [0.15, 0.2) is 0 Å². The maximum absolute atomic E-state index is 11.8. The number of nitrogens with zero attached hydrogens (tertiary/aromatic N) is 1. The number of carbonyl (C=O) groups excluding carboxylic acids is 1. The fourth-order valence-electron chi connectivity index (χ4n) is 2.10. The molecule has 0 bridgehead atoms. The van der Waals surface area contributed by atoms with E-state index >= 15 is 0 Å². The minimum Gasteiger partial charge on any atom is -0.388 e. The predicted octanol–water partition coefficient (Wildman–Crippen LogP) is 3.69. The van der Waals surface area contributed by atoms with Crippen LogP contribution in [0.25, 0.3) is 6.08 Å². The van der Waals surface area contributed by atoms with Crippen molar-refractivity contribution >= 4 is 23.3 Å². The van der Waals surface area contributed by atoms with Crippen LogP contribution in [0.4, 0.5) is 0 Å². The molecule has 1 aromatic carbocycles. The number of aliphatic hydroxyl groups is 1. The Morgan fingerprint density at radius 3 is 2.67 bits per heavy atom. The summed E-state index contributed by atoms with van der Waals surface area (Å²) < 4.78 is 0. The molecule has 1 atom stereocenters. The molecule has 128 valence electrons. The van der Waals surface area contributed by atoms with Crippen LogP contribution >= 0.6 is 11.3 Å². The van der Waals surface area contributed by atoms with Crippen LogP contribution in [0.5, 0.6) is 0 Å². The summed E-state index contributed by atoms with van der Waals surface area (Å²) in [7, 11) is 0. The highest BCUT2D eigenvalue weighted by Gasteiger charge is 2.17. The van der Waals surface area contributed by atoms with Gasteiger partial charge in [-0.3, -0.25) is 4.79 Å². The maximum Gasteiger partial charge on any atom is 0.244 e. The molecule has 0 spiro atoms. The highest BCUT2D eigenvalue weighted by atomic mass is 32.1. The lowest BCUT2D eigenvalue weighted by Gasteiger charge is -2.13. The molecule has 0 aliphatic rings. The Balaban J connectivity index is 1.78. The summed E-state index contributed by atoms with van der Waals surface area (Å²) in [5.74, 6) is -0.166. The van der Waals surface area contributed by atoms with Crippen molar-refractivity contribution in [3.63, 3.8) is 0 Å². The summed E-state index contributed by atoms with van der Waals surface area (Å²) in [5, 5.41) is 13.9. The second-order valence-corrected chi connectivity index (χ2v) is 7.72. The Morgan fingerprint density at radius 1 is 1.33 bits per heavy atom. The van der Waals surface area contributed by atoms with Gasteiger partial charge in [0, 0.05) is 29.1 Å². The molecule has 0 radical (unpaired) electrons. The molecule has 1 unspecified atom stereocenters. The molecule has 5 heteroatoms. The van der Waals surface area contributed by atoms with Crippen LogP contribution in [0.3, 0.4) is 0 Å². The summed E-state index contributed by atoms with van der Waals surface area (Å²) in [6.07, 6.45) is 4.99. The van der Waals surface area contributed by atoms with Gasteiger partial charge in [0.1, 0.15) is 0 Å². The van der Waals surface area contributed by atoms with Crippen LogP contribution in [-0.4, -0.2) is 22.5 Å². The quantitative estimate of drug-likeness (QED) is 0.786. The monoisotopic (exact) mass is 344 g/mol. The van der Waals surface area contributed by atoms with E-state index in [9.17, 15) is 9.90 Å². The zero-order chi connectivity index (χ0) is 17.6. The summed E-state index contributed by atoms with van der Waals surface area (Å²) in [6.45, 7) is 6.77. The van der Waals surface area contributed by atoms with Crippen LogP contribution in [0.15, 0.2) is 42.6 Å². The third-order valence-corrected chi connectivity index (χ3v) is 4.85. The molecule has 0 fully saturated rings. The first-order valence-corrected chi connectivity index (χ1v) is 8.83. The Labute approximate surface area is 147 Å². The van der Waals surface area contributed by atoms with Gasteiger partial charge < -0.3 is 10.4 Å². The number of benzene rings is 1. The second kappa shape index (κ2) is 8.22. The molecule has 1 amide bonds. The van der Waals surface area contributed by atoms with Crippen molar-refractivity contribution < 1.29 is 9.90 Å². The lowest BCUT2D eigenvalue weighted by molar-refractivity contribution is -0.116. The average Bonchev–Trinajstić information content (AvgIpc) is 3.03. The Kier molecular flexibility index (Phi) is 6.29. The standard InChI is InChI=1S/C19H24N2O2S/c1-19(2,3)18-21-13-15(24-18)9-10-17(23)20-12-11-16(22)14-7-5-4-6-8-14/h4-10,13,16,22H,11-12H2,1-3H3,(H,20,23). The van der Waals surface area contributed by atoms with Crippen molar-refractivity contribution in [2.24, 2.45) is 0 Å². The normalized spacial score (nSPS) is 13.2. The number of amides is 1. The lowest BCUT2D eigenvalue weighted by atomic mass is 9.98. The number of thiazole rings is 1. The molecule has 1 aromatic heterocycles. The van der Waals surface area contributed by atoms with Gasteiger partial charge in [0.05, 0.1) is 11.1 Å². The molecule has 4 nitrogen and oxygen atoms in total. The van der Waals surface area contributed by atoms with Crippen LogP contribution in [0.1, 0.15) is 48.7 Å². The molecule has 0 aliphatic carbocycles. The van der Waals surface area contributed by atoms with Crippen molar-refractivity contribution in [3.8, 4) is 0 Å². The van der Waals surface area contributed by atoms with Crippen LogP contribution in [0, 0.1) is 0 Å². The fraction of sp³-hybridized carbons (Fsp3) is 0.368. The van der Waals surface area contributed by atoms with E-state index in [1.165, 1.54) is 6.08 Å². The topological polar surface area (TPSA) is 62.2 Å². The van der Waals surface area contributed by atoms with E-state index in [1.807, 2.05) is 30.3 Å². The van der Waals surface area contributed by atoms with E-state index in [1.54, 1.807) is 23.6 Å². The van der Waals surface area contributed by atoms with Crippen molar-refractivity contribution in [1.82, 2.24) is 10.3 Å². The van der Waals surface area contributed by atoms with Crippen LogP contribution in [-0.2, 0) is 10.2 Å². The molecule has 24 heavy (non-hydrogen) atoms. The molecular formula is C19H24N2O2S. The Bertz CT molecular complexity index is 687. The molecule has 2 rings (SSSR count). The largest absolute Gasteiger partial charge is 0.388 e. The van der Waals surface area contributed by atoms with Gasteiger partial charge in [-0.1, -0.05) is 51.1 Å². The van der Waals surface area contributed by atoms with Gasteiger partial charge in [-0.05, 0) is 18.1 Å². The first-order valence-electron chi connectivity index (χ1n) is 8.01. The van der Waals surface area contributed by atoms with Crippen molar-refractivity contribution in [2.75, 3.05) is 6.54 Å². The molecule has 0 saturated carbocycles. The molecule has 2 N–H and O–H groups in total. The third kappa shape index (κ3) is 5.58. The fourth-order valence-corrected chi connectivity index (χ4v) is 2.98. The van der Waals surface area contributed by atoms with Gasteiger partial charge in [0.25, 0.3) is 0 Å². The molecule has 0 aliphatic heterocycles. The molecular weight excluding hydrogens is 320 g/mol. The maximum atomic E-state index is 11.8. The molecule has 1 heterocycles. The number of hydrogen-bond acceptors (Lipinski definition) is 4. The number of aliphatic hydroxyl groups excluding tert-OH is 1. The van der Waals surface area contributed by atoms with Gasteiger partial charge >= 0.3 is 0 Å². The zero-order valence-corrected chi connectivity index (χ0v) is 15.1. The van der Waals surface area contributed by atoms with Gasteiger partial charge in [0.2, 0.25) is 5.91 Å². The summed E-state index contributed by atoms with van der Waals surface area (Å²) >= 11 is 1.59. The summed E-state index contributed by atoms with van der Waals surface area (Å²) in [5.41, 5.74) is 0.883. The first-order chi connectivity index (χ1) is 11.4. The molecule has 0 saturated heterocycles. The van der Waals surface area contributed by atoms with Crippen molar-refractivity contribution in [2.45, 2.75) is 38.7 Å². The number of nitrogens with one attached hydrogen (secondary N) is 1. The minimum absolute atomic E-state index is 0.0204. The van der Waals surface area contributed by atoms with Crippen molar-refractivity contribution in [1.29, 1.82) is 0 Å². The second-order valence-electron chi connectivity index (χ2n) is 6.66. The van der Waals surface area contributed by atoms with Crippen molar-refractivity contribution in [3.05, 3.63) is 58.1 Å². The van der Waals surface area contributed by atoms with E-state index in [0.717, 1.165) is 15.4 Å². The van der Waals surface area contributed by atoms with Gasteiger partial charge in [-0.15, -0.1) is 11.3 Å². The van der Waals surface area contributed by atoms with E-state index in [2.05, 4.69) is 31.1 Å². The number of hydrogen-bond donors (Lipinski definition) is 2. The van der Waals surface area contributed by atoms with E-state index in [4.69, 9.17) is 0 Å². The highest BCUT2D eigenvalue weighted by Crippen LogP contribution is 2.27. The smallest absolute Gasteiger partial charge is 0.244 e. The summed E-state index contributed by atoms with van der Waals surface area (Å²) in [4.78, 5) is 17.2. The third-order valence-electron chi connectivity index (χ3n) is 3.47. The van der Waals surface area contributed by atoms with E-state index in [-0.39, 0.29) is 11.3 Å². The first kappa shape index (κ1) is 18.4. The average molecular weight is 344 g/mol. The SMILES string of the molecule is CC(C)(C)c1ncc(C=CC(=O)NCCC(O)c2ccccc2)s1. The number of aromatic nitrogens is 1. The molecule has 2 aromatic rings. The highest BCUT2D eigenvalue weighted by molar-refractivity contribution is 7.12. The van der Waals surface area contributed by atoms with E-state index in [0.29, 0.717) is 13.0 Å². The van der Waals surface area contributed by atoms with Gasteiger partial charge in [-0.25, -0.2) is 4.98 Å². The van der Waals surface area contributed by atoms with E-state index < -0.39 is 6.10 Å². The zero-order valence-electron chi connectivity index (χ0n) is 14.3. The number of rotatable bonds is 6. The van der Waals surface area contributed by atoms with Gasteiger partial charge in [-0.2, -0.15) is 0 Å². The summed E-state index contributed by atoms with van der Waals surface area (Å²) in [6, 6.07) is 9.45. The Morgan fingerprint density at radius 2 is 2.04 bits per heavy atom. The van der Waals surface area contributed by atoms with Crippen LogP contribution < -0.4 is 5.32 Å². The predicted molar refractivity (Wildman–Crippen MR) is 98.9 cm³/mol. The number of carbonyl (C=O) groups is 1. The van der Waals surface area contributed by atoms with Crippen LogP contribution in [0.2, 0.25) is 0 Å². The minimum atomic E-state index is -0.564. The lowest BCUT2D eigenvalue weighted by Crippen LogP contribution is -2.23. The Hall–Kier alpha value is -1.98.